The Hall–Kier alpha value is -2.54. The molecule has 6 nitrogen and oxygen atoms in total. The van der Waals surface area contributed by atoms with E-state index in [0.29, 0.717) is 21.9 Å². The molecule has 0 atom stereocenters. The summed E-state index contributed by atoms with van der Waals surface area (Å²) in [5, 5.41) is 13.7. The molecule has 3 rings (SSSR count). The van der Waals surface area contributed by atoms with Gasteiger partial charge in [-0.25, -0.2) is 19.7 Å². The molecule has 0 spiro atoms. The van der Waals surface area contributed by atoms with E-state index in [1.165, 1.54) is 17.7 Å². The first-order valence-electron chi connectivity index (χ1n) is 5.39. The number of nitrogens with zero attached hydrogens (tertiary/aromatic N) is 3. The molecule has 7 heteroatoms. The molecule has 0 unspecified atom stereocenters. The fraction of sp³-hybridized carbons (Fsp3) is 0. The standard InChI is InChI=1S/C12H8N4O2S/c17-12(18)7-5-19-10-9(7)14-6-15-11(10)16-8-3-1-2-4-13-8/h1-6H,(H,17,18)(H,13,14,15,16). The van der Waals surface area contributed by atoms with Gasteiger partial charge < -0.3 is 10.4 Å². The third-order valence-corrected chi connectivity index (χ3v) is 3.47. The Morgan fingerprint density at radius 2 is 2.16 bits per heavy atom. The molecule has 0 amide bonds. The number of thiophene rings is 1. The Morgan fingerprint density at radius 3 is 2.89 bits per heavy atom. The van der Waals surface area contributed by atoms with Crippen LogP contribution in [0.5, 0.6) is 0 Å². The predicted molar refractivity (Wildman–Crippen MR) is 71.9 cm³/mol. The minimum atomic E-state index is -0.992. The molecule has 0 radical (unpaired) electrons. The third kappa shape index (κ3) is 2.11. The van der Waals surface area contributed by atoms with Crippen LogP contribution in [0.15, 0.2) is 36.1 Å². The highest BCUT2D eigenvalue weighted by molar-refractivity contribution is 7.18. The number of carbonyl (C=O) groups is 1. The van der Waals surface area contributed by atoms with E-state index < -0.39 is 5.97 Å². The van der Waals surface area contributed by atoms with Gasteiger partial charge in [0.1, 0.15) is 17.7 Å². The molecule has 0 saturated heterocycles. The number of fused-ring (bicyclic) bond motifs is 1. The van der Waals surface area contributed by atoms with Crippen molar-refractivity contribution in [3.05, 3.63) is 41.7 Å². The smallest absolute Gasteiger partial charge is 0.338 e. The van der Waals surface area contributed by atoms with Crippen LogP contribution in [0.1, 0.15) is 10.4 Å². The van der Waals surface area contributed by atoms with Gasteiger partial charge >= 0.3 is 5.97 Å². The Morgan fingerprint density at radius 1 is 1.26 bits per heavy atom. The van der Waals surface area contributed by atoms with Crippen molar-refractivity contribution in [2.24, 2.45) is 0 Å². The summed E-state index contributed by atoms with van der Waals surface area (Å²) < 4.78 is 0.700. The average molecular weight is 272 g/mol. The van der Waals surface area contributed by atoms with Crippen molar-refractivity contribution < 1.29 is 9.90 Å². The number of carboxylic acid groups (broad SMARTS) is 1. The van der Waals surface area contributed by atoms with E-state index in [1.807, 2.05) is 12.1 Å². The van der Waals surface area contributed by atoms with Crippen molar-refractivity contribution in [1.82, 2.24) is 15.0 Å². The van der Waals surface area contributed by atoms with Gasteiger partial charge in [-0.2, -0.15) is 0 Å². The number of aromatic carboxylic acids is 1. The lowest BCUT2D eigenvalue weighted by Crippen LogP contribution is -1.98. The van der Waals surface area contributed by atoms with Crippen molar-refractivity contribution in [3.63, 3.8) is 0 Å². The second-order valence-corrected chi connectivity index (χ2v) is 4.57. The van der Waals surface area contributed by atoms with Crippen molar-refractivity contribution >= 4 is 39.2 Å². The Kier molecular flexibility index (Phi) is 2.81. The molecule has 0 aliphatic rings. The number of carboxylic acids is 1. The second kappa shape index (κ2) is 4.62. The first kappa shape index (κ1) is 11.5. The maximum Gasteiger partial charge on any atom is 0.338 e. The highest BCUT2D eigenvalue weighted by atomic mass is 32.1. The molecular formula is C12H8N4O2S. The van der Waals surface area contributed by atoms with Crippen LogP contribution in [-0.2, 0) is 0 Å². The van der Waals surface area contributed by atoms with Gasteiger partial charge in [0.15, 0.2) is 5.82 Å². The quantitative estimate of drug-likeness (QED) is 0.761. The molecule has 0 saturated carbocycles. The van der Waals surface area contributed by atoms with Crippen LogP contribution in [0.2, 0.25) is 0 Å². The van der Waals surface area contributed by atoms with Gasteiger partial charge in [0.2, 0.25) is 0 Å². The largest absolute Gasteiger partial charge is 0.478 e. The molecule has 0 fully saturated rings. The van der Waals surface area contributed by atoms with Crippen LogP contribution < -0.4 is 5.32 Å². The molecule has 94 valence electrons. The second-order valence-electron chi connectivity index (χ2n) is 3.69. The Balaban J connectivity index is 2.07. The third-order valence-electron chi connectivity index (χ3n) is 2.50. The number of hydrogen-bond donors (Lipinski definition) is 2. The zero-order valence-corrected chi connectivity index (χ0v) is 10.4. The van der Waals surface area contributed by atoms with Crippen molar-refractivity contribution in [2.75, 3.05) is 5.32 Å². The van der Waals surface area contributed by atoms with Crippen molar-refractivity contribution in [1.29, 1.82) is 0 Å². The van der Waals surface area contributed by atoms with E-state index in [1.54, 1.807) is 17.6 Å². The molecular weight excluding hydrogens is 264 g/mol. The van der Waals surface area contributed by atoms with Crippen LogP contribution in [0, 0.1) is 0 Å². The van der Waals surface area contributed by atoms with Crippen LogP contribution in [0.25, 0.3) is 10.2 Å². The van der Waals surface area contributed by atoms with Gasteiger partial charge in [-0.1, -0.05) is 6.07 Å². The summed E-state index contributed by atoms with van der Waals surface area (Å²) in [7, 11) is 0. The van der Waals surface area contributed by atoms with E-state index in [9.17, 15) is 4.79 Å². The number of pyridine rings is 1. The lowest BCUT2D eigenvalue weighted by molar-refractivity contribution is 0.0699. The molecule has 0 bridgehead atoms. The number of rotatable bonds is 3. The summed E-state index contributed by atoms with van der Waals surface area (Å²) in [6, 6.07) is 5.47. The predicted octanol–water partition coefficient (Wildman–Crippen LogP) is 2.53. The van der Waals surface area contributed by atoms with Gasteiger partial charge in [-0.05, 0) is 12.1 Å². The summed E-state index contributed by atoms with van der Waals surface area (Å²) >= 11 is 1.29. The minimum Gasteiger partial charge on any atom is -0.478 e. The zero-order valence-electron chi connectivity index (χ0n) is 9.57. The highest BCUT2D eigenvalue weighted by Gasteiger charge is 2.15. The van der Waals surface area contributed by atoms with Gasteiger partial charge in [-0.3, -0.25) is 0 Å². The zero-order chi connectivity index (χ0) is 13.2. The Labute approximate surface area is 111 Å². The normalized spacial score (nSPS) is 10.5. The SMILES string of the molecule is O=C(O)c1csc2c(Nc3ccccn3)ncnc12. The van der Waals surface area contributed by atoms with Gasteiger partial charge in [0.05, 0.1) is 10.3 Å². The van der Waals surface area contributed by atoms with E-state index in [-0.39, 0.29) is 5.56 Å². The lowest BCUT2D eigenvalue weighted by Gasteiger charge is -2.04. The molecule has 19 heavy (non-hydrogen) atoms. The molecule has 3 aromatic rings. The fourth-order valence-electron chi connectivity index (χ4n) is 1.65. The molecule has 3 heterocycles. The van der Waals surface area contributed by atoms with Crippen molar-refractivity contribution in [2.45, 2.75) is 0 Å². The van der Waals surface area contributed by atoms with E-state index in [2.05, 4.69) is 20.3 Å². The van der Waals surface area contributed by atoms with Gasteiger partial charge in [-0.15, -0.1) is 11.3 Å². The molecule has 2 N–H and O–H groups in total. The molecule has 0 aromatic carbocycles. The topological polar surface area (TPSA) is 88.0 Å². The first-order valence-corrected chi connectivity index (χ1v) is 6.27. The maximum absolute atomic E-state index is 11.1. The van der Waals surface area contributed by atoms with Gasteiger partial charge in [0, 0.05) is 11.6 Å². The number of anilines is 2. The number of hydrogen-bond acceptors (Lipinski definition) is 6. The summed E-state index contributed by atoms with van der Waals surface area (Å²) in [5.41, 5.74) is 0.623. The maximum atomic E-state index is 11.1. The average Bonchev–Trinajstić information content (AvgIpc) is 2.85. The Bertz CT molecular complexity index is 742. The molecule has 0 aliphatic carbocycles. The lowest BCUT2D eigenvalue weighted by atomic mass is 10.3. The number of aromatic nitrogens is 3. The molecule has 0 aliphatic heterocycles. The summed E-state index contributed by atoms with van der Waals surface area (Å²) in [6.07, 6.45) is 3.00. The van der Waals surface area contributed by atoms with E-state index in [0.717, 1.165) is 0 Å². The van der Waals surface area contributed by atoms with Crippen LogP contribution in [0.4, 0.5) is 11.6 Å². The van der Waals surface area contributed by atoms with Crippen molar-refractivity contribution in [3.8, 4) is 0 Å². The van der Waals surface area contributed by atoms with E-state index >= 15 is 0 Å². The van der Waals surface area contributed by atoms with Crippen LogP contribution in [0.3, 0.4) is 0 Å². The van der Waals surface area contributed by atoms with E-state index in [4.69, 9.17) is 5.11 Å². The monoisotopic (exact) mass is 272 g/mol. The molecule has 3 aromatic heterocycles. The first-order chi connectivity index (χ1) is 9.25. The summed E-state index contributed by atoms with van der Waals surface area (Å²) in [6.45, 7) is 0. The van der Waals surface area contributed by atoms with Crippen LogP contribution >= 0.6 is 11.3 Å². The minimum absolute atomic E-state index is 0.187. The number of nitrogens with one attached hydrogen (secondary N) is 1. The fourth-order valence-corrected chi connectivity index (χ4v) is 2.59. The summed E-state index contributed by atoms with van der Waals surface area (Å²) in [5.74, 6) is 0.211. The highest BCUT2D eigenvalue weighted by Crippen LogP contribution is 2.30. The van der Waals surface area contributed by atoms with Gasteiger partial charge in [0.25, 0.3) is 0 Å². The van der Waals surface area contributed by atoms with Crippen LogP contribution in [-0.4, -0.2) is 26.0 Å². The summed E-state index contributed by atoms with van der Waals surface area (Å²) in [4.78, 5) is 23.4.